The van der Waals surface area contributed by atoms with Gasteiger partial charge in [0.1, 0.15) is 29.1 Å². The van der Waals surface area contributed by atoms with Crippen LogP contribution in [-0.4, -0.2) is 13.7 Å². The van der Waals surface area contributed by atoms with Crippen LogP contribution >= 0.6 is 0 Å². The molecule has 0 N–H and O–H groups in total. The molecular weight excluding hydrogens is 423 g/mol. The van der Waals surface area contributed by atoms with Crippen LogP contribution < -0.4 is 0 Å². The van der Waals surface area contributed by atoms with E-state index in [2.05, 4.69) is 12.1 Å². The van der Waals surface area contributed by atoms with Gasteiger partial charge >= 0.3 is 0 Å². The lowest BCUT2D eigenvalue weighted by Gasteiger charge is -2.10. The van der Waals surface area contributed by atoms with Crippen LogP contribution in [-0.2, 0) is 24.0 Å². The number of benzene rings is 4. The van der Waals surface area contributed by atoms with Crippen molar-refractivity contribution < 1.29 is 17.9 Å². The molecule has 0 spiro atoms. The summed E-state index contributed by atoms with van der Waals surface area (Å²) in [7, 11) is 1.68. The van der Waals surface area contributed by atoms with Crippen molar-refractivity contribution in [1.29, 1.82) is 5.26 Å². The second kappa shape index (κ2) is 9.89. The summed E-state index contributed by atoms with van der Waals surface area (Å²) in [6.07, 6.45) is 1.40. The van der Waals surface area contributed by atoms with Crippen molar-refractivity contribution in [1.82, 2.24) is 0 Å². The van der Waals surface area contributed by atoms with Gasteiger partial charge in [-0.15, -0.1) is 0 Å². The predicted octanol–water partition coefficient (Wildman–Crippen LogP) is 6.77. The van der Waals surface area contributed by atoms with Gasteiger partial charge in [0.25, 0.3) is 0 Å². The molecule has 0 fully saturated rings. The standard InChI is InChI=1S/C28H22F3NO/c1-33-13-12-18-2-5-20(6-3-18)22-10-11-24-23(16-22)9-8-21(28(24)31)7-4-19-14-26(29)25(17-32)27(30)15-19/h2-3,5-6,8-11,14-16H,4,7,12-13H2,1H3. The van der Waals surface area contributed by atoms with Crippen LogP contribution in [0.2, 0.25) is 0 Å². The van der Waals surface area contributed by atoms with Crippen LogP contribution in [0.3, 0.4) is 0 Å². The van der Waals surface area contributed by atoms with Crippen LogP contribution in [0.5, 0.6) is 0 Å². The average Bonchev–Trinajstić information content (AvgIpc) is 2.82. The maximum atomic E-state index is 15.2. The number of hydrogen-bond donors (Lipinski definition) is 0. The molecule has 166 valence electrons. The van der Waals surface area contributed by atoms with E-state index in [4.69, 9.17) is 10.00 Å². The smallest absolute Gasteiger partial charge is 0.144 e. The Morgan fingerprint density at radius 2 is 1.45 bits per heavy atom. The third-order valence-electron chi connectivity index (χ3n) is 5.81. The molecule has 0 unspecified atom stereocenters. The number of rotatable bonds is 7. The summed E-state index contributed by atoms with van der Waals surface area (Å²) in [6.45, 7) is 0.673. The third-order valence-corrected chi connectivity index (χ3v) is 5.81. The molecule has 4 rings (SSSR count). The van der Waals surface area contributed by atoms with Gasteiger partial charge in [-0.3, -0.25) is 0 Å². The molecule has 0 atom stereocenters. The number of hydrogen-bond acceptors (Lipinski definition) is 2. The monoisotopic (exact) mass is 445 g/mol. The van der Waals surface area contributed by atoms with Crippen LogP contribution in [0.25, 0.3) is 21.9 Å². The number of nitrogens with zero attached hydrogens (tertiary/aromatic N) is 1. The van der Waals surface area contributed by atoms with Gasteiger partial charge in [-0.2, -0.15) is 5.26 Å². The Morgan fingerprint density at radius 3 is 2.12 bits per heavy atom. The fraction of sp³-hybridized carbons (Fsp3) is 0.179. The minimum Gasteiger partial charge on any atom is -0.384 e. The Bertz CT molecular complexity index is 1320. The normalized spacial score (nSPS) is 11.0. The molecule has 0 heterocycles. The van der Waals surface area contributed by atoms with E-state index in [0.717, 1.165) is 35.1 Å². The van der Waals surface area contributed by atoms with E-state index < -0.39 is 17.2 Å². The molecule has 0 aliphatic rings. The van der Waals surface area contributed by atoms with Crippen molar-refractivity contribution >= 4 is 10.8 Å². The summed E-state index contributed by atoms with van der Waals surface area (Å²) in [6, 6.07) is 21.2. The Hall–Kier alpha value is -3.62. The molecule has 4 aromatic rings. The molecular formula is C28H22F3NO. The summed E-state index contributed by atoms with van der Waals surface area (Å²) in [4.78, 5) is 0. The molecule has 0 aliphatic carbocycles. The lowest BCUT2D eigenvalue weighted by molar-refractivity contribution is 0.202. The first-order chi connectivity index (χ1) is 16.0. The molecule has 0 saturated heterocycles. The first-order valence-corrected chi connectivity index (χ1v) is 10.7. The number of aryl methyl sites for hydroxylation is 2. The fourth-order valence-corrected chi connectivity index (χ4v) is 3.95. The van der Waals surface area contributed by atoms with E-state index in [1.54, 1.807) is 19.2 Å². The van der Waals surface area contributed by atoms with Gasteiger partial charge in [0, 0.05) is 12.5 Å². The quantitative estimate of drug-likeness (QED) is 0.315. The Kier molecular flexibility index (Phi) is 6.76. The molecule has 2 nitrogen and oxygen atoms in total. The highest BCUT2D eigenvalue weighted by Crippen LogP contribution is 2.28. The Labute approximate surface area is 190 Å². The maximum Gasteiger partial charge on any atom is 0.144 e. The Morgan fingerprint density at radius 1 is 0.758 bits per heavy atom. The van der Waals surface area contributed by atoms with E-state index in [0.29, 0.717) is 23.1 Å². The van der Waals surface area contributed by atoms with E-state index in [-0.39, 0.29) is 18.7 Å². The number of halogens is 3. The first kappa shape index (κ1) is 22.6. The van der Waals surface area contributed by atoms with Crippen LogP contribution in [0.4, 0.5) is 13.2 Å². The van der Waals surface area contributed by atoms with Crippen molar-refractivity contribution in [2.75, 3.05) is 13.7 Å². The van der Waals surface area contributed by atoms with E-state index in [1.807, 2.05) is 30.3 Å². The largest absolute Gasteiger partial charge is 0.384 e. The lowest BCUT2D eigenvalue weighted by atomic mass is 9.96. The van der Waals surface area contributed by atoms with E-state index in [1.165, 1.54) is 11.6 Å². The average molecular weight is 445 g/mol. The van der Waals surface area contributed by atoms with Crippen molar-refractivity contribution in [2.45, 2.75) is 19.3 Å². The fourth-order valence-electron chi connectivity index (χ4n) is 3.95. The second-order valence-corrected chi connectivity index (χ2v) is 7.96. The molecule has 0 saturated carbocycles. The van der Waals surface area contributed by atoms with Gasteiger partial charge in [-0.1, -0.05) is 48.5 Å². The number of ether oxygens (including phenoxy) is 1. The topological polar surface area (TPSA) is 33.0 Å². The number of fused-ring (bicyclic) bond motifs is 1. The molecule has 33 heavy (non-hydrogen) atoms. The maximum absolute atomic E-state index is 15.2. The highest BCUT2D eigenvalue weighted by atomic mass is 19.1. The van der Waals surface area contributed by atoms with Gasteiger partial charge in [-0.05, 0) is 70.7 Å². The van der Waals surface area contributed by atoms with Crippen LogP contribution in [0.1, 0.15) is 22.3 Å². The van der Waals surface area contributed by atoms with Crippen LogP contribution in [0.15, 0.2) is 66.7 Å². The molecule has 0 bridgehead atoms. The summed E-state index contributed by atoms with van der Waals surface area (Å²) >= 11 is 0. The Balaban J connectivity index is 1.54. The highest BCUT2D eigenvalue weighted by Gasteiger charge is 2.13. The van der Waals surface area contributed by atoms with Gasteiger partial charge in [0.2, 0.25) is 0 Å². The summed E-state index contributed by atoms with van der Waals surface area (Å²) < 4.78 is 47.9. The lowest BCUT2D eigenvalue weighted by Crippen LogP contribution is -1.99. The molecule has 0 amide bonds. The first-order valence-electron chi connectivity index (χ1n) is 10.7. The second-order valence-electron chi connectivity index (χ2n) is 7.96. The van der Waals surface area contributed by atoms with Crippen molar-refractivity contribution in [3.05, 3.63) is 106 Å². The van der Waals surface area contributed by atoms with Crippen molar-refractivity contribution in [3.63, 3.8) is 0 Å². The molecule has 0 radical (unpaired) electrons. The zero-order valence-corrected chi connectivity index (χ0v) is 18.2. The van der Waals surface area contributed by atoms with Crippen molar-refractivity contribution in [3.8, 4) is 17.2 Å². The summed E-state index contributed by atoms with van der Waals surface area (Å²) in [5.74, 6) is -2.12. The van der Waals surface area contributed by atoms with Crippen LogP contribution in [0, 0.1) is 28.8 Å². The predicted molar refractivity (Wildman–Crippen MR) is 123 cm³/mol. The number of nitriles is 1. The third kappa shape index (κ3) is 4.92. The zero-order chi connectivity index (χ0) is 23.4. The molecule has 0 aromatic heterocycles. The molecule has 5 heteroatoms. The minimum atomic E-state index is -0.897. The zero-order valence-electron chi connectivity index (χ0n) is 18.2. The summed E-state index contributed by atoms with van der Waals surface area (Å²) in [5.41, 5.74) is 3.50. The van der Waals surface area contributed by atoms with Gasteiger partial charge in [0.15, 0.2) is 0 Å². The number of methoxy groups -OCH3 is 1. The summed E-state index contributed by atoms with van der Waals surface area (Å²) in [5, 5.41) is 10.1. The van der Waals surface area contributed by atoms with Crippen molar-refractivity contribution in [2.24, 2.45) is 0 Å². The van der Waals surface area contributed by atoms with Gasteiger partial charge < -0.3 is 4.74 Å². The van der Waals surface area contributed by atoms with Gasteiger partial charge in [-0.25, -0.2) is 13.2 Å². The molecule has 4 aromatic carbocycles. The molecule has 0 aliphatic heterocycles. The van der Waals surface area contributed by atoms with E-state index in [9.17, 15) is 8.78 Å². The SMILES string of the molecule is COCCc1ccc(-c2ccc3c(F)c(CCc4cc(F)c(C#N)c(F)c4)ccc3c2)cc1. The highest BCUT2D eigenvalue weighted by molar-refractivity contribution is 5.88. The van der Waals surface area contributed by atoms with E-state index >= 15 is 4.39 Å². The van der Waals surface area contributed by atoms with Gasteiger partial charge in [0.05, 0.1) is 6.61 Å². The minimum absolute atomic E-state index is 0.259.